The molecule has 1 aliphatic rings. The molecule has 0 bridgehead atoms. The number of rotatable bonds is 6. The third-order valence-corrected chi connectivity index (χ3v) is 5.24. The van der Waals surface area contributed by atoms with E-state index in [1.165, 1.54) is 18.9 Å². The standard InChI is InChI=1S/C17H22ClN3O4S/c1-20(10-15(22)19-13-5-3-12(18)4-6-13)11-16(23)21-7-8-26-14(9-21)17(24)25-2/h3-6,14H,7-11H2,1-2H3,(H,19,22)/t14-/m1/s1. The van der Waals surface area contributed by atoms with Crippen LogP contribution < -0.4 is 5.32 Å². The Morgan fingerprint density at radius 2 is 2.00 bits per heavy atom. The number of halogens is 1. The lowest BCUT2D eigenvalue weighted by molar-refractivity contribution is -0.141. The average molecular weight is 400 g/mol. The highest BCUT2D eigenvalue weighted by molar-refractivity contribution is 8.00. The molecule has 2 amide bonds. The van der Waals surface area contributed by atoms with E-state index in [1.54, 1.807) is 41.1 Å². The number of carbonyl (C=O) groups is 3. The molecule has 1 aromatic rings. The Hall–Kier alpha value is -1.77. The molecule has 1 fully saturated rings. The molecule has 9 heteroatoms. The molecule has 1 saturated heterocycles. The number of ether oxygens (including phenoxy) is 1. The molecule has 1 atom stereocenters. The van der Waals surface area contributed by atoms with Crippen molar-refractivity contribution in [2.45, 2.75) is 5.25 Å². The largest absolute Gasteiger partial charge is 0.468 e. The monoisotopic (exact) mass is 399 g/mol. The molecule has 2 rings (SSSR count). The number of methoxy groups -OCH3 is 1. The number of anilines is 1. The van der Waals surface area contributed by atoms with Crippen LogP contribution in [0.2, 0.25) is 5.02 Å². The number of benzene rings is 1. The molecule has 0 spiro atoms. The molecule has 1 aromatic carbocycles. The van der Waals surface area contributed by atoms with Crippen molar-refractivity contribution in [3.05, 3.63) is 29.3 Å². The van der Waals surface area contributed by atoms with Gasteiger partial charge in [0.1, 0.15) is 5.25 Å². The molecule has 1 aliphatic heterocycles. The third-order valence-electron chi connectivity index (χ3n) is 3.83. The summed E-state index contributed by atoms with van der Waals surface area (Å²) in [6.07, 6.45) is 0. The summed E-state index contributed by atoms with van der Waals surface area (Å²) in [4.78, 5) is 39.4. The Kier molecular flexibility index (Phi) is 7.74. The molecule has 142 valence electrons. The van der Waals surface area contributed by atoms with Gasteiger partial charge < -0.3 is 15.0 Å². The fourth-order valence-electron chi connectivity index (χ4n) is 2.52. The molecule has 7 nitrogen and oxygen atoms in total. The first kappa shape index (κ1) is 20.5. The maximum absolute atomic E-state index is 12.4. The van der Waals surface area contributed by atoms with E-state index in [-0.39, 0.29) is 36.1 Å². The molecule has 0 aliphatic carbocycles. The zero-order chi connectivity index (χ0) is 19.1. The summed E-state index contributed by atoms with van der Waals surface area (Å²) in [5.41, 5.74) is 0.646. The summed E-state index contributed by atoms with van der Waals surface area (Å²) in [7, 11) is 3.05. The summed E-state index contributed by atoms with van der Waals surface area (Å²) < 4.78 is 4.75. The van der Waals surface area contributed by atoms with E-state index in [2.05, 4.69) is 5.32 Å². The molecule has 1 N–H and O–H groups in total. The fourth-order valence-corrected chi connectivity index (χ4v) is 3.77. The van der Waals surface area contributed by atoms with Crippen LogP contribution in [-0.2, 0) is 19.1 Å². The van der Waals surface area contributed by atoms with Crippen LogP contribution in [0.25, 0.3) is 0 Å². The van der Waals surface area contributed by atoms with Gasteiger partial charge in [0.25, 0.3) is 0 Å². The molecule has 26 heavy (non-hydrogen) atoms. The van der Waals surface area contributed by atoms with Crippen molar-refractivity contribution >= 4 is 46.8 Å². The molecular formula is C17H22ClN3O4S. The van der Waals surface area contributed by atoms with Gasteiger partial charge in [0.05, 0.1) is 20.2 Å². The van der Waals surface area contributed by atoms with E-state index in [0.29, 0.717) is 29.6 Å². The van der Waals surface area contributed by atoms with Gasteiger partial charge in [-0.3, -0.25) is 19.3 Å². The lowest BCUT2D eigenvalue weighted by Crippen LogP contribution is -2.48. The smallest absolute Gasteiger partial charge is 0.320 e. The highest BCUT2D eigenvalue weighted by Crippen LogP contribution is 2.20. The second kappa shape index (κ2) is 9.80. The Morgan fingerprint density at radius 1 is 1.31 bits per heavy atom. The lowest BCUT2D eigenvalue weighted by Gasteiger charge is -2.32. The number of nitrogens with zero attached hydrogens (tertiary/aromatic N) is 2. The maximum Gasteiger partial charge on any atom is 0.320 e. The van der Waals surface area contributed by atoms with Crippen molar-refractivity contribution < 1.29 is 19.1 Å². The van der Waals surface area contributed by atoms with Crippen LogP contribution in [0.15, 0.2) is 24.3 Å². The van der Waals surface area contributed by atoms with Crippen LogP contribution in [0, 0.1) is 0 Å². The Labute approximate surface area is 162 Å². The van der Waals surface area contributed by atoms with Crippen LogP contribution in [0.3, 0.4) is 0 Å². The van der Waals surface area contributed by atoms with Gasteiger partial charge in [-0.1, -0.05) is 11.6 Å². The summed E-state index contributed by atoms with van der Waals surface area (Å²) in [5, 5.41) is 3.00. The number of amides is 2. The van der Waals surface area contributed by atoms with Crippen LogP contribution in [0.1, 0.15) is 0 Å². The topological polar surface area (TPSA) is 79.0 Å². The highest BCUT2D eigenvalue weighted by atomic mass is 35.5. The van der Waals surface area contributed by atoms with Crippen molar-refractivity contribution in [2.24, 2.45) is 0 Å². The first-order valence-corrected chi connectivity index (χ1v) is 9.53. The van der Waals surface area contributed by atoms with E-state index < -0.39 is 0 Å². The first-order chi connectivity index (χ1) is 12.4. The second-order valence-electron chi connectivity index (χ2n) is 5.95. The summed E-state index contributed by atoms with van der Waals surface area (Å²) in [6.45, 7) is 1.10. The van der Waals surface area contributed by atoms with Crippen molar-refractivity contribution in [2.75, 3.05) is 51.4 Å². The summed E-state index contributed by atoms with van der Waals surface area (Å²) >= 11 is 7.30. The van der Waals surface area contributed by atoms with E-state index in [0.717, 1.165) is 0 Å². The van der Waals surface area contributed by atoms with Gasteiger partial charge in [-0.25, -0.2) is 0 Å². The summed E-state index contributed by atoms with van der Waals surface area (Å²) in [5.74, 6) is 0.0418. The molecule has 1 heterocycles. The van der Waals surface area contributed by atoms with Crippen LogP contribution in [0.5, 0.6) is 0 Å². The molecular weight excluding hydrogens is 378 g/mol. The third kappa shape index (κ3) is 6.19. The van der Waals surface area contributed by atoms with Gasteiger partial charge in [0.15, 0.2) is 0 Å². The van der Waals surface area contributed by atoms with Gasteiger partial charge >= 0.3 is 5.97 Å². The number of esters is 1. The van der Waals surface area contributed by atoms with Crippen molar-refractivity contribution in [1.82, 2.24) is 9.80 Å². The molecule has 0 aromatic heterocycles. The minimum absolute atomic E-state index is 0.0807. The van der Waals surface area contributed by atoms with Crippen LogP contribution in [-0.4, -0.2) is 78.9 Å². The van der Waals surface area contributed by atoms with Crippen LogP contribution >= 0.6 is 23.4 Å². The van der Waals surface area contributed by atoms with E-state index in [1.807, 2.05) is 0 Å². The summed E-state index contributed by atoms with van der Waals surface area (Å²) in [6, 6.07) is 6.81. The van der Waals surface area contributed by atoms with Crippen molar-refractivity contribution in [1.29, 1.82) is 0 Å². The quantitative estimate of drug-likeness (QED) is 0.727. The number of thioether (sulfide) groups is 1. The first-order valence-electron chi connectivity index (χ1n) is 8.10. The predicted octanol–water partition coefficient (Wildman–Crippen LogP) is 1.33. The number of hydrogen-bond acceptors (Lipinski definition) is 6. The average Bonchev–Trinajstić information content (AvgIpc) is 2.62. The Morgan fingerprint density at radius 3 is 2.65 bits per heavy atom. The van der Waals surface area contributed by atoms with Crippen molar-refractivity contribution in [3.8, 4) is 0 Å². The number of hydrogen-bond donors (Lipinski definition) is 1. The zero-order valence-corrected chi connectivity index (χ0v) is 16.3. The zero-order valence-electron chi connectivity index (χ0n) is 14.7. The van der Waals surface area contributed by atoms with E-state index >= 15 is 0 Å². The van der Waals surface area contributed by atoms with E-state index in [9.17, 15) is 14.4 Å². The second-order valence-corrected chi connectivity index (χ2v) is 7.70. The minimum Gasteiger partial charge on any atom is -0.468 e. The van der Waals surface area contributed by atoms with Crippen LogP contribution in [0.4, 0.5) is 5.69 Å². The maximum atomic E-state index is 12.4. The number of nitrogens with one attached hydrogen (secondary N) is 1. The van der Waals surface area contributed by atoms with Gasteiger partial charge in [0.2, 0.25) is 11.8 Å². The highest BCUT2D eigenvalue weighted by Gasteiger charge is 2.30. The molecule has 0 unspecified atom stereocenters. The lowest BCUT2D eigenvalue weighted by atomic mass is 10.3. The van der Waals surface area contributed by atoms with Gasteiger partial charge in [-0.15, -0.1) is 11.8 Å². The van der Waals surface area contributed by atoms with Gasteiger partial charge in [0, 0.05) is 29.6 Å². The predicted molar refractivity (Wildman–Crippen MR) is 102 cm³/mol. The Balaban J connectivity index is 1.79. The molecule has 0 saturated carbocycles. The number of carbonyl (C=O) groups excluding carboxylic acids is 3. The van der Waals surface area contributed by atoms with Crippen molar-refractivity contribution in [3.63, 3.8) is 0 Å². The van der Waals surface area contributed by atoms with E-state index in [4.69, 9.17) is 16.3 Å². The Bertz CT molecular complexity index is 656. The molecule has 0 radical (unpaired) electrons. The SMILES string of the molecule is COC(=O)[C@H]1CN(C(=O)CN(C)CC(=O)Nc2ccc(Cl)cc2)CCS1. The fraction of sp³-hybridized carbons (Fsp3) is 0.471. The van der Waals surface area contributed by atoms with Gasteiger partial charge in [-0.05, 0) is 31.3 Å². The number of likely N-dealkylation sites (N-methyl/N-ethyl adjacent to an activating group) is 1. The normalized spacial score (nSPS) is 17.1. The minimum atomic E-state index is -0.351. The van der Waals surface area contributed by atoms with Gasteiger partial charge in [-0.2, -0.15) is 0 Å².